The van der Waals surface area contributed by atoms with Gasteiger partial charge >= 0.3 is 5.97 Å². The third-order valence-electron chi connectivity index (χ3n) is 2.67. The minimum absolute atomic E-state index is 0.0700. The standard InChI is InChI=1S/C12H18N2O5S2/c1-4-7(15)10-9(13)8(12(16)19-2)11(20-10)14-5-6-21(3,17)18/h14H,4-6,13H2,1-3H3. The van der Waals surface area contributed by atoms with Crippen LogP contribution in [-0.2, 0) is 14.6 Å². The molecule has 1 aromatic heterocycles. The molecule has 9 heteroatoms. The van der Waals surface area contributed by atoms with Gasteiger partial charge in [-0.15, -0.1) is 11.3 Å². The van der Waals surface area contributed by atoms with Crippen molar-refractivity contribution in [1.29, 1.82) is 0 Å². The zero-order valence-corrected chi connectivity index (χ0v) is 13.7. The summed E-state index contributed by atoms with van der Waals surface area (Å²) in [6, 6.07) is 0. The Kier molecular flexibility index (Phi) is 5.73. The molecule has 0 saturated carbocycles. The number of anilines is 2. The molecule has 1 aromatic rings. The molecule has 0 aliphatic heterocycles. The highest BCUT2D eigenvalue weighted by Crippen LogP contribution is 2.36. The van der Waals surface area contributed by atoms with Crippen molar-refractivity contribution in [2.45, 2.75) is 13.3 Å². The second-order valence-corrected chi connectivity index (χ2v) is 7.65. The maximum absolute atomic E-state index is 11.8. The van der Waals surface area contributed by atoms with Crippen molar-refractivity contribution in [3.8, 4) is 0 Å². The fourth-order valence-electron chi connectivity index (χ4n) is 1.59. The Morgan fingerprint density at radius 3 is 2.48 bits per heavy atom. The predicted octanol–water partition coefficient (Wildman–Crippen LogP) is 1.17. The van der Waals surface area contributed by atoms with Crippen LogP contribution in [0.3, 0.4) is 0 Å². The van der Waals surface area contributed by atoms with Crippen LogP contribution in [-0.4, -0.2) is 45.8 Å². The van der Waals surface area contributed by atoms with Gasteiger partial charge in [-0.25, -0.2) is 13.2 Å². The van der Waals surface area contributed by atoms with Gasteiger partial charge in [0.1, 0.15) is 20.4 Å². The van der Waals surface area contributed by atoms with E-state index in [-0.39, 0.29) is 40.6 Å². The van der Waals surface area contributed by atoms with E-state index in [1.807, 2.05) is 0 Å². The molecule has 0 atom stereocenters. The van der Waals surface area contributed by atoms with E-state index < -0.39 is 15.8 Å². The Labute approximate surface area is 127 Å². The largest absolute Gasteiger partial charge is 0.465 e. The SMILES string of the molecule is CCC(=O)c1sc(NCCS(C)(=O)=O)c(C(=O)OC)c1N. The number of nitrogen functional groups attached to an aromatic ring is 1. The maximum atomic E-state index is 11.8. The number of sulfone groups is 1. The monoisotopic (exact) mass is 334 g/mol. The summed E-state index contributed by atoms with van der Waals surface area (Å²) >= 11 is 1.03. The normalized spacial score (nSPS) is 11.2. The smallest absolute Gasteiger partial charge is 0.343 e. The van der Waals surface area contributed by atoms with Crippen LogP contribution in [0.4, 0.5) is 10.7 Å². The van der Waals surface area contributed by atoms with Crippen LogP contribution < -0.4 is 11.1 Å². The van der Waals surface area contributed by atoms with Crippen molar-refractivity contribution in [2.24, 2.45) is 0 Å². The Hall–Kier alpha value is -1.61. The predicted molar refractivity (Wildman–Crippen MR) is 82.9 cm³/mol. The fourth-order valence-corrected chi connectivity index (χ4v) is 3.21. The Balaban J connectivity index is 3.11. The summed E-state index contributed by atoms with van der Waals surface area (Å²) in [6.07, 6.45) is 1.37. The zero-order valence-electron chi connectivity index (χ0n) is 12.1. The van der Waals surface area contributed by atoms with E-state index in [4.69, 9.17) is 5.73 Å². The van der Waals surface area contributed by atoms with Gasteiger partial charge in [0.05, 0.1) is 23.4 Å². The van der Waals surface area contributed by atoms with Crippen molar-refractivity contribution >= 4 is 43.6 Å². The van der Waals surface area contributed by atoms with Crippen LogP contribution in [0.5, 0.6) is 0 Å². The van der Waals surface area contributed by atoms with E-state index in [0.717, 1.165) is 17.6 Å². The summed E-state index contributed by atoms with van der Waals surface area (Å²) in [7, 11) is -1.92. The lowest BCUT2D eigenvalue weighted by atomic mass is 10.2. The molecule has 0 saturated heterocycles. The van der Waals surface area contributed by atoms with E-state index in [0.29, 0.717) is 5.00 Å². The van der Waals surface area contributed by atoms with Gasteiger partial charge in [0.25, 0.3) is 0 Å². The van der Waals surface area contributed by atoms with Gasteiger partial charge < -0.3 is 15.8 Å². The van der Waals surface area contributed by atoms with E-state index >= 15 is 0 Å². The van der Waals surface area contributed by atoms with Crippen molar-refractivity contribution < 1.29 is 22.7 Å². The lowest BCUT2D eigenvalue weighted by Gasteiger charge is -2.06. The highest BCUT2D eigenvalue weighted by Gasteiger charge is 2.25. The number of ketones is 1. The second-order valence-electron chi connectivity index (χ2n) is 4.37. The molecule has 1 heterocycles. The summed E-state index contributed by atoms with van der Waals surface area (Å²) in [5.74, 6) is -0.942. The average molecular weight is 334 g/mol. The van der Waals surface area contributed by atoms with Gasteiger partial charge in [-0.3, -0.25) is 4.79 Å². The van der Waals surface area contributed by atoms with Crippen molar-refractivity contribution in [3.63, 3.8) is 0 Å². The molecule has 0 unspecified atom stereocenters. The van der Waals surface area contributed by atoms with Crippen LogP contribution >= 0.6 is 11.3 Å². The van der Waals surface area contributed by atoms with Crippen molar-refractivity contribution in [3.05, 3.63) is 10.4 Å². The van der Waals surface area contributed by atoms with Gasteiger partial charge in [0.2, 0.25) is 0 Å². The molecule has 0 fully saturated rings. The van der Waals surface area contributed by atoms with Crippen LogP contribution in [0.2, 0.25) is 0 Å². The van der Waals surface area contributed by atoms with Gasteiger partial charge in [0.15, 0.2) is 5.78 Å². The number of hydrogen-bond donors (Lipinski definition) is 2. The first kappa shape index (κ1) is 17.4. The number of carbonyl (C=O) groups is 2. The van der Waals surface area contributed by atoms with E-state index in [9.17, 15) is 18.0 Å². The quantitative estimate of drug-likeness (QED) is 0.568. The minimum Gasteiger partial charge on any atom is -0.465 e. The number of rotatable bonds is 7. The summed E-state index contributed by atoms with van der Waals surface area (Å²) < 4.78 is 26.9. The van der Waals surface area contributed by atoms with Crippen molar-refractivity contribution in [2.75, 3.05) is 36.7 Å². The molecule has 1 rings (SSSR count). The second kappa shape index (κ2) is 6.90. The highest BCUT2D eigenvalue weighted by atomic mass is 32.2. The molecule has 0 aliphatic rings. The highest BCUT2D eigenvalue weighted by molar-refractivity contribution is 7.90. The molecule has 0 aromatic carbocycles. The number of methoxy groups -OCH3 is 1. The number of hydrogen-bond acceptors (Lipinski definition) is 8. The molecule has 0 bridgehead atoms. The molecule has 118 valence electrons. The average Bonchev–Trinajstić information content (AvgIpc) is 2.72. The van der Waals surface area contributed by atoms with E-state index in [1.54, 1.807) is 6.92 Å². The number of thiophene rings is 1. The Morgan fingerprint density at radius 1 is 1.38 bits per heavy atom. The molecule has 0 aliphatic carbocycles. The zero-order chi connectivity index (χ0) is 16.2. The van der Waals surface area contributed by atoms with Crippen LogP contribution in [0.15, 0.2) is 0 Å². The van der Waals surface area contributed by atoms with E-state index in [2.05, 4.69) is 10.1 Å². The first-order valence-corrected chi connectivity index (χ1v) is 9.04. The molecule has 0 radical (unpaired) electrons. The van der Waals surface area contributed by atoms with E-state index in [1.165, 1.54) is 7.11 Å². The first-order chi connectivity index (χ1) is 9.71. The third kappa shape index (κ3) is 4.43. The number of nitrogens with two attached hydrogens (primary N) is 1. The summed E-state index contributed by atoms with van der Waals surface area (Å²) in [5, 5.41) is 3.18. The molecule has 7 nitrogen and oxygen atoms in total. The third-order valence-corrected chi connectivity index (χ3v) is 4.82. The topological polar surface area (TPSA) is 116 Å². The van der Waals surface area contributed by atoms with Crippen LogP contribution in [0, 0.1) is 0 Å². The molecule has 0 spiro atoms. The fraction of sp³-hybridized carbons (Fsp3) is 0.500. The van der Waals surface area contributed by atoms with Crippen molar-refractivity contribution in [1.82, 2.24) is 0 Å². The Bertz CT molecular complexity index is 649. The minimum atomic E-state index is -3.13. The maximum Gasteiger partial charge on any atom is 0.343 e. The lowest BCUT2D eigenvalue weighted by Crippen LogP contribution is -2.15. The molecular formula is C12H18N2O5S2. The number of nitrogens with one attached hydrogen (secondary N) is 1. The summed E-state index contributed by atoms with van der Waals surface area (Å²) in [6.45, 7) is 1.80. The van der Waals surface area contributed by atoms with Gasteiger partial charge in [0, 0.05) is 19.2 Å². The number of esters is 1. The number of ether oxygens (including phenoxy) is 1. The van der Waals surface area contributed by atoms with Gasteiger partial charge in [-0.05, 0) is 0 Å². The van der Waals surface area contributed by atoms with Crippen LogP contribution in [0.25, 0.3) is 0 Å². The first-order valence-electron chi connectivity index (χ1n) is 6.16. The molecule has 3 N–H and O–H groups in total. The molecule has 21 heavy (non-hydrogen) atoms. The number of carbonyl (C=O) groups excluding carboxylic acids is 2. The number of Topliss-reactive ketones (excluding diaryl/α,β-unsaturated/α-hetero) is 1. The Morgan fingerprint density at radius 2 is 2.00 bits per heavy atom. The summed E-state index contributed by atoms with van der Waals surface area (Å²) in [4.78, 5) is 23.9. The molecule has 0 amide bonds. The lowest BCUT2D eigenvalue weighted by molar-refractivity contribution is 0.0603. The van der Waals surface area contributed by atoms with Gasteiger partial charge in [-0.1, -0.05) is 6.92 Å². The summed E-state index contributed by atoms with van der Waals surface area (Å²) in [5.41, 5.74) is 5.99. The van der Waals surface area contributed by atoms with Gasteiger partial charge in [-0.2, -0.15) is 0 Å². The molecular weight excluding hydrogens is 316 g/mol. The van der Waals surface area contributed by atoms with Crippen LogP contribution in [0.1, 0.15) is 33.4 Å².